The summed E-state index contributed by atoms with van der Waals surface area (Å²) in [4.78, 5) is 4.12. The minimum atomic E-state index is -0.682. The Morgan fingerprint density at radius 3 is 2.40 bits per heavy atom. The molecule has 20 heavy (non-hydrogen) atoms. The summed E-state index contributed by atoms with van der Waals surface area (Å²) >= 11 is 0. The van der Waals surface area contributed by atoms with Crippen molar-refractivity contribution >= 4 is 10.8 Å². The molecule has 0 aliphatic rings. The van der Waals surface area contributed by atoms with Gasteiger partial charge in [0, 0.05) is 17.8 Å². The van der Waals surface area contributed by atoms with Crippen molar-refractivity contribution in [2.24, 2.45) is 0 Å². The van der Waals surface area contributed by atoms with Crippen LogP contribution in [0.5, 0.6) is 5.88 Å². The summed E-state index contributed by atoms with van der Waals surface area (Å²) in [6.07, 6.45) is 0.955. The van der Waals surface area contributed by atoms with E-state index in [0.717, 1.165) is 21.9 Å². The number of aliphatic hydroxyl groups is 1. The largest absolute Gasteiger partial charge is 0.481 e. The van der Waals surface area contributed by atoms with Crippen molar-refractivity contribution in [2.75, 3.05) is 7.11 Å². The lowest BCUT2D eigenvalue weighted by molar-refractivity contribution is 0.220. The molecule has 2 aromatic carbocycles. The SMILES string of the molecule is COc1ccc(C(O)c2ccc3ccccc3c2)cn1. The van der Waals surface area contributed by atoms with Gasteiger partial charge in [0.15, 0.2) is 0 Å². The maximum absolute atomic E-state index is 10.4. The Morgan fingerprint density at radius 2 is 1.70 bits per heavy atom. The molecule has 1 aromatic heterocycles. The predicted octanol–water partition coefficient (Wildman–Crippen LogP) is 3.33. The lowest BCUT2D eigenvalue weighted by atomic mass is 10.00. The van der Waals surface area contributed by atoms with Gasteiger partial charge in [-0.25, -0.2) is 4.98 Å². The normalized spacial score (nSPS) is 12.3. The molecule has 0 amide bonds. The van der Waals surface area contributed by atoms with Crippen LogP contribution < -0.4 is 4.74 Å². The first-order valence-electron chi connectivity index (χ1n) is 6.44. The molecule has 0 fully saturated rings. The maximum atomic E-state index is 10.4. The molecule has 3 nitrogen and oxygen atoms in total. The number of rotatable bonds is 3. The second-order valence-electron chi connectivity index (χ2n) is 4.64. The Hall–Kier alpha value is -2.39. The fourth-order valence-electron chi connectivity index (χ4n) is 2.24. The number of pyridine rings is 1. The molecular weight excluding hydrogens is 250 g/mol. The van der Waals surface area contributed by atoms with Gasteiger partial charge in [-0.15, -0.1) is 0 Å². The van der Waals surface area contributed by atoms with E-state index in [-0.39, 0.29) is 0 Å². The first-order chi connectivity index (χ1) is 9.78. The van der Waals surface area contributed by atoms with E-state index >= 15 is 0 Å². The summed E-state index contributed by atoms with van der Waals surface area (Å²) in [5.41, 5.74) is 1.61. The summed E-state index contributed by atoms with van der Waals surface area (Å²) < 4.78 is 5.02. The fraction of sp³-hybridized carbons (Fsp3) is 0.118. The summed E-state index contributed by atoms with van der Waals surface area (Å²) in [5.74, 6) is 0.541. The monoisotopic (exact) mass is 265 g/mol. The Bertz CT molecular complexity index is 722. The molecule has 0 aliphatic carbocycles. The molecule has 0 aliphatic heterocycles. The molecule has 3 aromatic rings. The summed E-state index contributed by atoms with van der Waals surface area (Å²) in [6.45, 7) is 0. The van der Waals surface area contributed by atoms with Gasteiger partial charge in [0.25, 0.3) is 0 Å². The van der Waals surface area contributed by atoms with E-state index in [9.17, 15) is 5.11 Å². The second-order valence-corrected chi connectivity index (χ2v) is 4.64. The van der Waals surface area contributed by atoms with Gasteiger partial charge in [-0.3, -0.25) is 0 Å². The summed E-state index contributed by atoms with van der Waals surface area (Å²) in [7, 11) is 1.57. The highest BCUT2D eigenvalue weighted by atomic mass is 16.5. The van der Waals surface area contributed by atoms with Gasteiger partial charge in [0.05, 0.1) is 7.11 Å². The number of hydrogen-bond acceptors (Lipinski definition) is 3. The molecule has 1 heterocycles. The number of methoxy groups -OCH3 is 1. The Morgan fingerprint density at radius 1 is 0.950 bits per heavy atom. The highest BCUT2D eigenvalue weighted by Gasteiger charge is 2.11. The third-order valence-corrected chi connectivity index (χ3v) is 3.37. The predicted molar refractivity (Wildman–Crippen MR) is 78.8 cm³/mol. The second kappa shape index (κ2) is 5.31. The van der Waals surface area contributed by atoms with Crippen LogP contribution in [0.3, 0.4) is 0 Å². The molecule has 3 rings (SSSR count). The smallest absolute Gasteiger partial charge is 0.212 e. The number of hydrogen-bond donors (Lipinski definition) is 1. The van der Waals surface area contributed by atoms with E-state index in [0.29, 0.717) is 5.88 Å². The topological polar surface area (TPSA) is 42.4 Å². The number of aliphatic hydroxyl groups excluding tert-OH is 1. The quantitative estimate of drug-likeness (QED) is 0.790. The summed E-state index contributed by atoms with van der Waals surface area (Å²) in [5, 5.41) is 12.7. The molecule has 1 N–H and O–H groups in total. The van der Waals surface area contributed by atoms with Gasteiger partial charge in [0.1, 0.15) is 6.10 Å². The maximum Gasteiger partial charge on any atom is 0.212 e. The van der Waals surface area contributed by atoms with Gasteiger partial charge in [-0.05, 0) is 28.5 Å². The molecule has 0 spiro atoms. The van der Waals surface area contributed by atoms with Gasteiger partial charge in [0.2, 0.25) is 5.88 Å². The van der Waals surface area contributed by atoms with E-state index in [1.807, 2.05) is 42.5 Å². The van der Waals surface area contributed by atoms with Crippen LogP contribution in [0.4, 0.5) is 0 Å². The zero-order valence-electron chi connectivity index (χ0n) is 11.2. The molecule has 0 radical (unpaired) electrons. The van der Waals surface area contributed by atoms with Gasteiger partial charge in [-0.2, -0.15) is 0 Å². The average Bonchev–Trinajstić information content (AvgIpc) is 2.54. The van der Waals surface area contributed by atoms with E-state index in [2.05, 4.69) is 11.1 Å². The highest BCUT2D eigenvalue weighted by Crippen LogP contribution is 2.25. The minimum absolute atomic E-state index is 0.541. The zero-order chi connectivity index (χ0) is 13.9. The van der Waals surface area contributed by atoms with Crippen LogP contribution in [0.25, 0.3) is 10.8 Å². The van der Waals surface area contributed by atoms with Crippen LogP contribution in [0.15, 0.2) is 60.8 Å². The number of aromatic nitrogens is 1. The van der Waals surface area contributed by atoms with Gasteiger partial charge in [-0.1, -0.05) is 36.4 Å². The molecule has 100 valence electrons. The van der Waals surface area contributed by atoms with E-state index in [1.165, 1.54) is 0 Å². The van der Waals surface area contributed by atoms with Crippen molar-refractivity contribution in [3.63, 3.8) is 0 Å². The van der Waals surface area contributed by atoms with Crippen molar-refractivity contribution in [1.29, 1.82) is 0 Å². The first kappa shape index (κ1) is 12.6. The Kier molecular flexibility index (Phi) is 3.35. The Balaban J connectivity index is 1.96. The van der Waals surface area contributed by atoms with Gasteiger partial charge < -0.3 is 9.84 Å². The molecule has 0 saturated carbocycles. The van der Waals surface area contributed by atoms with Crippen molar-refractivity contribution in [3.8, 4) is 5.88 Å². The number of ether oxygens (including phenoxy) is 1. The summed E-state index contributed by atoms with van der Waals surface area (Å²) in [6, 6.07) is 17.6. The first-order valence-corrected chi connectivity index (χ1v) is 6.44. The number of nitrogens with zero attached hydrogens (tertiary/aromatic N) is 1. The zero-order valence-corrected chi connectivity index (χ0v) is 11.2. The standard InChI is InChI=1S/C17H15NO2/c1-20-16-9-8-15(11-18-16)17(19)14-7-6-12-4-2-3-5-13(12)10-14/h2-11,17,19H,1H3. The van der Waals surface area contributed by atoms with Crippen LogP contribution in [0.1, 0.15) is 17.2 Å². The molecule has 3 heteroatoms. The molecule has 0 saturated heterocycles. The molecule has 0 bridgehead atoms. The third kappa shape index (κ3) is 2.36. The molecule has 1 atom stereocenters. The average molecular weight is 265 g/mol. The van der Waals surface area contributed by atoms with Crippen LogP contribution >= 0.6 is 0 Å². The van der Waals surface area contributed by atoms with Crippen molar-refractivity contribution < 1.29 is 9.84 Å². The van der Waals surface area contributed by atoms with Crippen LogP contribution in [-0.2, 0) is 0 Å². The van der Waals surface area contributed by atoms with Gasteiger partial charge >= 0.3 is 0 Å². The van der Waals surface area contributed by atoms with E-state index in [4.69, 9.17) is 4.74 Å². The lowest BCUT2D eigenvalue weighted by Gasteiger charge is -2.12. The van der Waals surface area contributed by atoms with Crippen LogP contribution in [0, 0.1) is 0 Å². The van der Waals surface area contributed by atoms with Crippen molar-refractivity contribution in [3.05, 3.63) is 71.9 Å². The lowest BCUT2D eigenvalue weighted by Crippen LogP contribution is -2.00. The van der Waals surface area contributed by atoms with E-state index < -0.39 is 6.10 Å². The fourth-order valence-corrected chi connectivity index (χ4v) is 2.24. The van der Waals surface area contributed by atoms with Crippen molar-refractivity contribution in [1.82, 2.24) is 4.98 Å². The van der Waals surface area contributed by atoms with E-state index in [1.54, 1.807) is 19.4 Å². The third-order valence-electron chi connectivity index (χ3n) is 3.37. The Labute approximate surface area is 117 Å². The van der Waals surface area contributed by atoms with Crippen molar-refractivity contribution in [2.45, 2.75) is 6.10 Å². The molecular formula is C17H15NO2. The highest BCUT2D eigenvalue weighted by molar-refractivity contribution is 5.83. The number of fused-ring (bicyclic) bond motifs is 1. The van der Waals surface area contributed by atoms with Crippen LogP contribution in [-0.4, -0.2) is 17.2 Å². The van der Waals surface area contributed by atoms with Crippen LogP contribution in [0.2, 0.25) is 0 Å². The molecule has 1 unspecified atom stereocenters. The minimum Gasteiger partial charge on any atom is -0.481 e. The number of benzene rings is 2.